The van der Waals surface area contributed by atoms with Crippen LogP contribution in [0, 0.1) is 5.92 Å². The minimum Gasteiger partial charge on any atom is -0.466 e. The van der Waals surface area contributed by atoms with E-state index in [1.54, 1.807) is 37.1 Å². The number of ether oxygens (including phenoxy) is 1. The van der Waals surface area contributed by atoms with Crippen molar-refractivity contribution < 1.29 is 19.1 Å². The van der Waals surface area contributed by atoms with Crippen molar-refractivity contribution in [2.45, 2.75) is 26.2 Å². The van der Waals surface area contributed by atoms with Crippen LogP contribution in [0.1, 0.15) is 25.3 Å². The van der Waals surface area contributed by atoms with E-state index in [1.807, 2.05) is 0 Å². The number of hydrogen-bond acceptors (Lipinski definition) is 4. The van der Waals surface area contributed by atoms with E-state index in [-0.39, 0.29) is 36.7 Å². The van der Waals surface area contributed by atoms with Gasteiger partial charge in [0.1, 0.15) is 0 Å². The maximum atomic E-state index is 12.5. The average Bonchev–Trinajstić information content (AvgIpc) is 2.64. The van der Waals surface area contributed by atoms with E-state index in [9.17, 15) is 14.4 Å². The van der Waals surface area contributed by atoms with Crippen molar-refractivity contribution in [3.8, 4) is 0 Å². The maximum Gasteiger partial charge on any atom is 0.309 e. The van der Waals surface area contributed by atoms with Crippen LogP contribution in [0.25, 0.3) is 0 Å². The third kappa shape index (κ3) is 6.11. The number of benzene rings is 1. The van der Waals surface area contributed by atoms with Gasteiger partial charge in [-0.3, -0.25) is 14.4 Å². The van der Waals surface area contributed by atoms with Crippen LogP contribution in [0.4, 0.5) is 0 Å². The molecule has 1 aliphatic rings. The number of likely N-dealkylation sites (N-methyl/N-ethyl adjacent to an activating group) is 1. The lowest BCUT2D eigenvalue weighted by Gasteiger charge is -2.32. The highest BCUT2D eigenvalue weighted by molar-refractivity contribution is 6.35. The molecule has 2 amide bonds. The first-order valence-electron chi connectivity index (χ1n) is 8.94. The van der Waals surface area contributed by atoms with Gasteiger partial charge in [-0.1, -0.05) is 29.3 Å². The molecule has 0 saturated carbocycles. The van der Waals surface area contributed by atoms with Gasteiger partial charge in [0.25, 0.3) is 0 Å². The number of carbonyl (C=O) groups is 3. The Bertz CT molecular complexity index is 703. The van der Waals surface area contributed by atoms with Gasteiger partial charge in [-0.15, -0.1) is 0 Å². The summed E-state index contributed by atoms with van der Waals surface area (Å²) in [5, 5.41) is 0.933. The Morgan fingerprint density at radius 2 is 1.89 bits per heavy atom. The number of amides is 2. The maximum absolute atomic E-state index is 12.5. The smallest absolute Gasteiger partial charge is 0.309 e. The van der Waals surface area contributed by atoms with Gasteiger partial charge >= 0.3 is 5.97 Å². The third-order valence-electron chi connectivity index (χ3n) is 4.62. The lowest BCUT2D eigenvalue weighted by atomic mass is 9.97. The summed E-state index contributed by atoms with van der Waals surface area (Å²) >= 11 is 12.0. The second-order valence-corrected chi connectivity index (χ2v) is 7.41. The van der Waals surface area contributed by atoms with Gasteiger partial charge in [0.15, 0.2) is 0 Å². The molecule has 1 aliphatic heterocycles. The molecule has 1 saturated heterocycles. The number of carbonyl (C=O) groups excluding carboxylic acids is 3. The summed E-state index contributed by atoms with van der Waals surface area (Å²) in [5.74, 6) is -0.679. The molecule has 1 heterocycles. The zero-order valence-corrected chi connectivity index (χ0v) is 17.1. The quantitative estimate of drug-likeness (QED) is 0.671. The van der Waals surface area contributed by atoms with Crippen LogP contribution in [0.3, 0.4) is 0 Å². The van der Waals surface area contributed by atoms with Gasteiger partial charge < -0.3 is 14.5 Å². The highest BCUT2D eigenvalue weighted by Gasteiger charge is 2.29. The van der Waals surface area contributed by atoms with Crippen molar-refractivity contribution in [1.82, 2.24) is 9.80 Å². The fourth-order valence-electron chi connectivity index (χ4n) is 2.98. The molecule has 1 aromatic carbocycles. The Balaban J connectivity index is 1.83. The van der Waals surface area contributed by atoms with Gasteiger partial charge in [-0.05, 0) is 37.5 Å². The SMILES string of the molecule is CCOC(=O)C1CCN(C(=O)CN(C)C(=O)Cc2ccc(Cl)cc2Cl)CC1. The second kappa shape index (κ2) is 9.95. The number of rotatable bonds is 6. The summed E-state index contributed by atoms with van der Waals surface area (Å²) in [6.07, 6.45) is 1.27. The molecule has 0 radical (unpaired) electrons. The summed E-state index contributed by atoms with van der Waals surface area (Å²) < 4.78 is 5.03. The van der Waals surface area contributed by atoms with E-state index >= 15 is 0 Å². The summed E-state index contributed by atoms with van der Waals surface area (Å²) in [4.78, 5) is 39.7. The number of hydrogen-bond donors (Lipinski definition) is 0. The predicted octanol–water partition coefficient (Wildman–Crippen LogP) is 2.80. The van der Waals surface area contributed by atoms with Gasteiger partial charge in [0.2, 0.25) is 11.8 Å². The third-order valence-corrected chi connectivity index (χ3v) is 5.21. The van der Waals surface area contributed by atoms with E-state index in [0.29, 0.717) is 48.1 Å². The molecule has 148 valence electrons. The fourth-order valence-corrected chi connectivity index (χ4v) is 3.45. The summed E-state index contributed by atoms with van der Waals surface area (Å²) in [5.41, 5.74) is 0.667. The minimum absolute atomic E-state index is 0.00584. The number of piperidine rings is 1. The van der Waals surface area contributed by atoms with Crippen molar-refractivity contribution >= 4 is 41.0 Å². The average molecular weight is 415 g/mol. The zero-order valence-electron chi connectivity index (χ0n) is 15.5. The number of halogens is 2. The van der Waals surface area contributed by atoms with Crippen LogP contribution in [-0.4, -0.2) is 60.9 Å². The van der Waals surface area contributed by atoms with Crippen LogP contribution in [0.15, 0.2) is 18.2 Å². The molecular weight excluding hydrogens is 391 g/mol. The summed E-state index contributed by atoms with van der Waals surface area (Å²) in [6.45, 7) is 3.12. The summed E-state index contributed by atoms with van der Waals surface area (Å²) in [7, 11) is 1.59. The fraction of sp³-hybridized carbons (Fsp3) is 0.526. The monoisotopic (exact) mass is 414 g/mol. The molecule has 6 nitrogen and oxygen atoms in total. The largest absolute Gasteiger partial charge is 0.466 e. The van der Waals surface area contributed by atoms with Crippen molar-refractivity contribution in [3.63, 3.8) is 0 Å². The first-order chi connectivity index (χ1) is 12.8. The van der Waals surface area contributed by atoms with Gasteiger partial charge in [-0.25, -0.2) is 0 Å². The van der Waals surface area contributed by atoms with E-state index in [2.05, 4.69) is 0 Å². The molecule has 0 N–H and O–H groups in total. The molecule has 1 fully saturated rings. The van der Waals surface area contributed by atoms with E-state index in [4.69, 9.17) is 27.9 Å². The molecule has 0 aliphatic carbocycles. The van der Waals surface area contributed by atoms with Crippen molar-refractivity contribution in [2.24, 2.45) is 5.92 Å². The highest BCUT2D eigenvalue weighted by atomic mass is 35.5. The van der Waals surface area contributed by atoms with E-state index < -0.39 is 0 Å². The zero-order chi connectivity index (χ0) is 20.0. The van der Waals surface area contributed by atoms with E-state index in [0.717, 1.165) is 0 Å². The normalized spacial score (nSPS) is 14.7. The molecule has 1 aromatic rings. The molecule has 0 atom stereocenters. The predicted molar refractivity (Wildman–Crippen MR) is 104 cm³/mol. The second-order valence-electron chi connectivity index (χ2n) is 6.57. The van der Waals surface area contributed by atoms with Gasteiger partial charge in [-0.2, -0.15) is 0 Å². The molecule has 0 unspecified atom stereocenters. The highest BCUT2D eigenvalue weighted by Crippen LogP contribution is 2.22. The van der Waals surface area contributed by atoms with E-state index in [1.165, 1.54) is 4.90 Å². The Hall–Kier alpha value is -1.79. The molecule has 0 bridgehead atoms. The Morgan fingerprint density at radius 1 is 1.22 bits per heavy atom. The number of esters is 1. The summed E-state index contributed by atoms with van der Waals surface area (Å²) in [6, 6.07) is 4.97. The molecule has 0 aromatic heterocycles. The Labute approximate surface area is 169 Å². The Kier molecular flexibility index (Phi) is 7.92. The lowest BCUT2D eigenvalue weighted by Crippen LogP contribution is -2.46. The molecule has 27 heavy (non-hydrogen) atoms. The van der Waals surface area contributed by atoms with Crippen LogP contribution in [0.5, 0.6) is 0 Å². The lowest BCUT2D eigenvalue weighted by molar-refractivity contribution is -0.151. The number of nitrogens with zero attached hydrogens (tertiary/aromatic N) is 2. The van der Waals surface area contributed by atoms with Gasteiger partial charge in [0, 0.05) is 30.2 Å². The molecule has 2 rings (SSSR count). The molecular formula is C19H24Cl2N2O4. The van der Waals surface area contributed by atoms with Crippen molar-refractivity contribution in [3.05, 3.63) is 33.8 Å². The Morgan fingerprint density at radius 3 is 2.48 bits per heavy atom. The first kappa shape index (κ1) is 21.5. The van der Waals surface area contributed by atoms with Gasteiger partial charge in [0.05, 0.1) is 25.5 Å². The van der Waals surface area contributed by atoms with Crippen molar-refractivity contribution in [1.29, 1.82) is 0 Å². The topological polar surface area (TPSA) is 66.9 Å². The number of likely N-dealkylation sites (tertiary alicyclic amines) is 1. The standard InChI is InChI=1S/C19H24Cl2N2O4/c1-3-27-19(26)13-6-8-23(9-7-13)18(25)12-22(2)17(24)10-14-4-5-15(20)11-16(14)21/h4-5,11,13H,3,6-10,12H2,1-2H3. The molecule has 0 spiro atoms. The minimum atomic E-state index is -0.200. The first-order valence-corrected chi connectivity index (χ1v) is 9.69. The van der Waals surface area contributed by atoms with Crippen LogP contribution in [-0.2, 0) is 25.5 Å². The van der Waals surface area contributed by atoms with Crippen LogP contribution >= 0.6 is 23.2 Å². The van der Waals surface area contributed by atoms with Crippen molar-refractivity contribution in [2.75, 3.05) is 33.3 Å². The van der Waals surface area contributed by atoms with Crippen LogP contribution < -0.4 is 0 Å². The van der Waals surface area contributed by atoms with Crippen LogP contribution in [0.2, 0.25) is 10.0 Å². The molecule has 8 heteroatoms.